The van der Waals surface area contributed by atoms with E-state index in [1.807, 2.05) is 18.4 Å². The summed E-state index contributed by atoms with van der Waals surface area (Å²) in [6.07, 6.45) is 4.61. The minimum atomic E-state index is -3.39. The van der Waals surface area contributed by atoms with Gasteiger partial charge in [-0.15, -0.1) is 0 Å². The first-order chi connectivity index (χ1) is 13.2. The first-order valence-corrected chi connectivity index (χ1v) is 11.3. The van der Waals surface area contributed by atoms with Crippen LogP contribution in [0.2, 0.25) is 0 Å². The van der Waals surface area contributed by atoms with Crippen LogP contribution in [0.3, 0.4) is 0 Å². The van der Waals surface area contributed by atoms with E-state index < -0.39 is 10.0 Å². The fourth-order valence-corrected chi connectivity index (χ4v) is 3.59. The van der Waals surface area contributed by atoms with Gasteiger partial charge in [-0.3, -0.25) is 9.52 Å². The number of carbonyl (C=O) groups excluding carboxylic acids is 1. The maximum atomic E-state index is 11.5. The molecule has 1 aromatic carbocycles. The molecule has 0 radical (unpaired) electrons. The molecule has 0 bridgehead atoms. The van der Waals surface area contributed by atoms with Crippen molar-refractivity contribution in [3.8, 4) is 22.5 Å². The molecule has 10 heteroatoms. The molecule has 0 fully saturated rings. The number of sulfonamides is 1. The second kappa shape index (κ2) is 8.03. The highest BCUT2D eigenvalue weighted by Gasteiger charge is 2.16. The van der Waals surface area contributed by atoms with Gasteiger partial charge >= 0.3 is 0 Å². The van der Waals surface area contributed by atoms with Gasteiger partial charge in [0.2, 0.25) is 15.9 Å². The van der Waals surface area contributed by atoms with Crippen LogP contribution in [0.15, 0.2) is 47.8 Å². The monoisotopic (exact) mass is 417 g/mol. The van der Waals surface area contributed by atoms with E-state index in [0.29, 0.717) is 22.4 Å². The van der Waals surface area contributed by atoms with Crippen molar-refractivity contribution in [3.05, 3.63) is 42.6 Å². The molecule has 0 aliphatic heterocycles. The molecule has 2 heterocycles. The maximum absolute atomic E-state index is 11.5. The second-order valence-corrected chi connectivity index (χ2v) is 8.58. The third-order valence-corrected chi connectivity index (χ3v) is 4.85. The minimum Gasteiger partial charge on any atom is -0.332 e. The number of nitrogens with one attached hydrogen (secondary N) is 3. The normalized spacial score (nSPS) is 11.2. The fourth-order valence-electron chi connectivity index (χ4n) is 2.64. The Morgan fingerprint density at radius 3 is 2.64 bits per heavy atom. The molecule has 3 rings (SSSR count). The quantitative estimate of drug-likeness (QED) is 0.530. The Bertz CT molecular complexity index is 1130. The van der Waals surface area contributed by atoms with Crippen LogP contribution in [0.5, 0.6) is 0 Å². The molecular formula is C18H19N5O3S2. The number of aromatic amines is 1. The molecule has 0 spiro atoms. The average Bonchev–Trinajstić information content (AvgIpc) is 3.05. The molecule has 3 N–H and O–H groups in total. The summed E-state index contributed by atoms with van der Waals surface area (Å²) in [4.78, 5) is 23.4. The third-order valence-electron chi connectivity index (χ3n) is 3.67. The number of rotatable bonds is 6. The Morgan fingerprint density at radius 1 is 1.18 bits per heavy atom. The van der Waals surface area contributed by atoms with E-state index >= 15 is 0 Å². The van der Waals surface area contributed by atoms with Crippen molar-refractivity contribution in [1.82, 2.24) is 15.0 Å². The maximum Gasteiger partial charge on any atom is 0.229 e. The molecule has 3 aromatic rings. The number of carbonyl (C=O) groups is 1. The number of pyridine rings is 1. The first kappa shape index (κ1) is 19.9. The average molecular weight is 418 g/mol. The van der Waals surface area contributed by atoms with Crippen LogP contribution >= 0.6 is 11.8 Å². The number of hydrogen-bond donors (Lipinski definition) is 3. The standard InChI is InChI=1S/C18H19N5O3S2/c1-11(24)20-15-10-13(7-8-19-15)17-16(21-18(22-17)27-2)12-5-4-6-14(9-12)23-28(3,25)26/h4-10,23H,1-3H3,(H,21,22)(H,19,20,24). The molecule has 2 aromatic heterocycles. The lowest BCUT2D eigenvalue weighted by Gasteiger charge is -2.08. The van der Waals surface area contributed by atoms with Crippen LogP contribution in [-0.2, 0) is 14.8 Å². The minimum absolute atomic E-state index is 0.209. The zero-order valence-electron chi connectivity index (χ0n) is 15.5. The summed E-state index contributed by atoms with van der Waals surface area (Å²) < 4.78 is 25.5. The number of nitrogens with zero attached hydrogens (tertiary/aromatic N) is 2. The van der Waals surface area contributed by atoms with Crippen LogP contribution in [0.4, 0.5) is 11.5 Å². The van der Waals surface area contributed by atoms with Crippen LogP contribution in [0, 0.1) is 0 Å². The number of hydrogen-bond acceptors (Lipinski definition) is 6. The predicted octanol–water partition coefficient (Wildman–Crippen LogP) is 3.19. The van der Waals surface area contributed by atoms with Crippen molar-refractivity contribution in [1.29, 1.82) is 0 Å². The number of aromatic nitrogens is 3. The number of anilines is 2. The van der Waals surface area contributed by atoms with Crippen molar-refractivity contribution < 1.29 is 13.2 Å². The number of amides is 1. The molecule has 146 valence electrons. The smallest absolute Gasteiger partial charge is 0.229 e. The fraction of sp³-hybridized carbons (Fsp3) is 0.167. The lowest BCUT2D eigenvalue weighted by atomic mass is 10.1. The zero-order chi connectivity index (χ0) is 20.3. The van der Waals surface area contributed by atoms with Crippen molar-refractivity contribution in [2.45, 2.75) is 12.1 Å². The van der Waals surface area contributed by atoms with Gasteiger partial charge in [-0.05, 0) is 30.5 Å². The first-order valence-electron chi connectivity index (χ1n) is 8.21. The van der Waals surface area contributed by atoms with Crippen molar-refractivity contribution in [2.24, 2.45) is 0 Å². The lowest BCUT2D eigenvalue weighted by molar-refractivity contribution is -0.114. The summed E-state index contributed by atoms with van der Waals surface area (Å²) in [6.45, 7) is 1.42. The molecule has 0 saturated heterocycles. The molecule has 28 heavy (non-hydrogen) atoms. The summed E-state index contributed by atoms with van der Waals surface area (Å²) in [5.74, 6) is 0.225. The van der Waals surface area contributed by atoms with Gasteiger partial charge in [-0.2, -0.15) is 0 Å². The second-order valence-electron chi connectivity index (χ2n) is 6.04. The van der Waals surface area contributed by atoms with Gasteiger partial charge in [0.1, 0.15) is 5.82 Å². The number of thioether (sulfide) groups is 1. The van der Waals surface area contributed by atoms with E-state index in [0.717, 1.165) is 23.1 Å². The third kappa shape index (κ3) is 4.90. The summed E-state index contributed by atoms with van der Waals surface area (Å²) in [5, 5.41) is 3.38. The van der Waals surface area contributed by atoms with Gasteiger partial charge in [-0.1, -0.05) is 23.9 Å². The molecular weight excluding hydrogens is 398 g/mol. The summed E-state index contributed by atoms with van der Waals surface area (Å²) in [6, 6.07) is 10.6. The number of imidazole rings is 1. The summed E-state index contributed by atoms with van der Waals surface area (Å²) >= 11 is 1.46. The van der Waals surface area contributed by atoms with Gasteiger partial charge in [0, 0.05) is 29.9 Å². The van der Waals surface area contributed by atoms with Gasteiger partial charge in [0.25, 0.3) is 0 Å². The largest absolute Gasteiger partial charge is 0.332 e. The van der Waals surface area contributed by atoms with Crippen LogP contribution < -0.4 is 10.0 Å². The van der Waals surface area contributed by atoms with Crippen molar-refractivity contribution in [3.63, 3.8) is 0 Å². The molecule has 0 aliphatic rings. The SMILES string of the molecule is CSc1nc(-c2cccc(NS(C)(=O)=O)c2)c(-c2ccnc(NC(C)=O)c2)[nH]1. The molecule has 1 amide bonds. The predicted molar refractivity (Wildman–Crippen MR) is 112 cm³/mol. The van der Waals surface area contributed by atoms with Gasteiger partial charge in [0.15, 0.2) is 5.16 Å². The van der Waals surface area contributed by atoms with Crippen molar-refractivity contribution in [2.75, 3.05) is 22.6 Å². The van der Waals surface area contributed by atoms with E-state index in [4.69, 9.17) is 0 Å². The summed E-state index contributed by atoms with van der Waals surface area (Å²) in [7, 11) is -3.39. The molecule has 0 unspecified atom stereocenters. The van der Waals surface area contributed by atoms with E-state index in [-0.39, 0.29) is 5.91 Å². The van der Waals surface area contributed by atoms with Gasteiger partial charge < -0.3 is 10.3 Å². The van der Waals surface area contributed by atoms with E-state index in [2.05, 4.69) is 25.0 Å². The number of H-pyrrole nitrogens is 1. The van der Waals surface area contributed by atoms with Crippen LogP contribution in [0.1, 0.15) is 6.92 Å². The van der Waals surface area contributed by atoms with Crippen LogP contribution in [-0.4, -0.2) is 41.8 Å². The van der Waals surface area contributed by atoms with Crippen LogP contribution in [0.25, 0.3) is 22.5 Å². The molecule has 0 atom stereocenters. The van der Waals surface area contributed by atoms with E-state index in [1.165, 1.54) is 18.7 Å². The van der Waals surface area contributed by atoms with Gasteiger partial charge in [-0.25, -0.2) is 18.4 Å². The van der Waals surface area contributed by atoms with E-state index in [1.54, 1.807) is 30.5 Å². The highest BCUT2D eigenvalue weighted by molar-refractivity contribution is 7.98. The molecule has 0 aliphatic carbocycles. The lowest BCUT2D eigenvalue weighted by Crippen LogP contribution is -2.09. The van der Waals surface area contributed by atoms with E-state index in [9.17, 15) is 13.2 Å². The molecule has 0 saturated carbocycles. The molecule has 8 nitrogen and oxygen atoms in total. The Kier molecular flexibility index (Phi) is 5.71. The Hall–Kier alpha value is -2.85. The summed E-state index contributed by atoms with van der Waals surface area (Å²) in [5.41, 5.74) is 3.41. The Morgan fingerprint density at radius 2 is 1.96 bits per heavy atom. The van der Waals surface area contributed by atoms with Gasteiger partial charge in [0.05, 0.1) is 17.6 Å². The zero-order valence-corrected chi connectivity index (χ0v) is 17.1. The highest BCUT2D eigenvalue weighted by Crippen LogP contribution is 2.34. The highest BCUT2D eigenvalue weighted by atomic mass is 32.2. The Balaban J connectivity index is 2.08. The van der Waals surface area contributed by atoms with Crippen molar-refractivity contribution >= 4 is 39.2 Å². The topological polar surface area (TPSA) is 117 Å². The Labute approximate surface area is 167 Å². The number of benzene rings is 1.